The number of nitrogens with zero attached hydrogens (tertiary/aromatic N) is 1. The lowest BCUT2D eigenvalue weighted by molar-refractivity contribution is 0.832. The van der Waals surface area contributed by atoms with Gasteiger partial charge in [0.05, 0.1) is 8.07 Å². The molecule has 2 heteroatoms. The van der Waals surface area contributed by atoms with E-state index in [1.807, 2.05) is 0 Å². The highest BCUT2D eigenvalue weighted by atomic mass is 28.3. The SMILES string of the molecule is CCN(Cc1ccc([Si](C)(C)C)cc1)c1ccc(C)cc1. The molecule has 0 saturated heterocycles. The average molecular weight is 298 g/mol. The quantitative estimate of drug-likeness (QED) is 0.731. The second kappa shape index (κ2) is 6.48. The molecule has 0 amide bonds. The molecule has 0 spiro atoms. The Morgan fingerprint density at radius 2 is 1.43 bits per heavy atom. The van der Waals surface area contributed by atoms with E-state index in [0.717, 1.165) is 13.1 Å². The molecule has 0 aliphatic carbocycles. The number of aryl methyl sites for hydroxylation is 1. The predicted molar refractivity (Wildman–Crippen MR) is 97.3 cm³/mol. The van der Waals surface area contributed by atoms with Gasteiger partial charge in [0.2, 0.25) is 0 Å². The molecule has 0 aliphatic rings. The fraction of sp³-hybridized carbons (Fsp3) is 0.368. The van der Waals surface area contributed by atoms with Gasteiger partial charge in [-0.2, -0.15) is 0 Å². The van der Waals surface area contributed by atoms with Gasteiger partial charge in [0, 0.05) is 18.8 Å². The molecular weight excluding hydrogens is 270 g/mol. The molecule has 0 unspecified atom stereocenters. The first-order chi connectivity index (χ1) is 9.90. The van der Waals surface area contributed by atoms with Crippen LogP contribution in [0.15, 0.2) is 48.5 Å². The van der Waals surface area contributed by atoms with Crippen molar-refractivity contribution in [3.63, 3.8) is 0 Å². The van der Waals surface area contributed by atoms with Gasteiger partial charge in [-0.15, -0.1) is 0 Å². The largest absolute Gasteiger partial charge is 0.367 e. The molecule has 0 N–H and O–H groups in total. The molecule has 2 aromatic rings. The monoisotopic (exact) mass is 297 g/mol. The Balaban J connectivity index is 2.13. The van der Waals surface area contributed by atoms with Crippen LogP contribution < -0.4 is 10.1 Å². The van der Waals surface area contributed by atoms with Gasteiger partial charge >= 0.3 is 0 Å². The van der Waals surface area contributed by atoms with Crippen LogP contribution in [0.25, 0.3) is 0 Å². The van der Waals surface area contributed by atoms with Gasteiger partial charge in [0.25, 0.3) is 0 Å². The van der Waals surface area contributed by atoms with E-state index in [2.05, 4.69) is 86.9 Å². The maximum atomic E-state index is 2.42. The van der Waals surface area contributed by atoms with Crippen molar-refractivity contribution in [2.24, 2.45) is 0 Å². The first-order valence-electron chi connectivity index (χ1n) is 7.81. The van der Waals surface area contributed by atoms with E-state index in [-0.39, 0.29) is 0 Å². The normalized spacial score (nSPS) is 11.5. The molecule has 0 aromatic heterocycles. The maximum absolute atomic E-state index is 2.42. The molecular formula is C19H27NSi. The summed E-state index contributed by atoms with van der Waals surface area (Å²) in [5.41, 5.74) is 4.01. The second-order valence-corrected chi connectivity index (χ2v) is 11.9. The summed E-state index contributed by atoms with van der Waals surface area (Å²) >= 11 is 0. The summed E-state index contributed by atoms with van der Waals surface area (Å²) in [5, 5.41) is 1.53. The van der Waals surface area contributed by atoms with Gasteiger partial charge in [-0.25, -0.2) is 0 Å². The number of benzene rings is 2. The molecule has 0 heterocycles. The highest BCUT2D eigenvalue weighted by Gasteiger charge is 2.15. The van der Waals surface area contributed by atoms with Crippen LogP contribution in [0.5, 0.6) is 0 Å². The third-order valence-corrected chi connectivity index (χ3v) is 6.04. The number of hydrogen-bond acceptors (Lipinski definition) is 1. The third kappa shape index (κ3) is 4.21. The fourth-order valence-corrected chi connectivity index (χ4v) is 3.64. The summed E-state index contributed by atoms with van der Waals surface area (Å²) in [6.45, 7) is 13.5. The van der Waals surface area contributed by atoms with Crippen LogP contribution in [0.1, 0.15) is 18.1 Å². The summed E-state index contributed by atoms with van der Waals surface area (Å²) in [7, 11) is -1.19. The lowest BCUT2D eigenvalue weighted by Crippen LogP contribution is -2.37. The molecule has 0 radical (unpaired) electrons. The summed E-state index contributed by atoms with van der Waals surface area (Å²) in [4.78, 5) is 2.42. The van der Waals surface area contributed by atoms with Crippen molar-refractivity contribution >= 4 is 18.9 Å². The Morgan fingerprint density at radius 1 is 0.857 bits per heavy atom. The van der Waals surface area contributed by atoms with Gasteiger partial charge in [-0.05, 0) is 31.5 Å². The van der Waals surface area contributed by atoms with E-state index in [9.17, 15) is 0 Å². The molecule has 21 heavy (non-hydrogen) atoms. The van der Waals surface area contributed by atoms with Crippen LogP contribution in [-0.2, 0) is 6.54 Å². The molecule has 0 bridgehead atoms. The molecule has 2 aromatic carbocycles. The lowest BCUT2D eigenvalue weighted by atomic mass is 10.1. The van der Waals surface area contributed by atoms with E-state index in [1.54, 1.807) is 0 Å². The highest BCUT2D eigenvalue weighted by Crippen LogP contribution is 2.17. The van der Waals surface area contributed by atoms with Crippen molar-refractivity contribution in [2.75, 3.05) is 11.4 Å². The van der Waals surface area contributed by atoms with Gasteiger partial charge < -0.3 is 4.90 Å². The zero-order chi connectivity index (χ0) is 15.5. The van der Waals surface area contributed by atoms with E-state index in [4.69, 9.17) is 0 Å². The first-order valence-corrected chi connectivity index (χ1v) is 11.3. The van der Waals surface area contributed by atoms with Gasteiger partial charge in [-0.1, -0.05) is 66.8 Å². The molecule has 0 atom stereocenters. The van der Waals surface area contributed by atoms with E-state index >= 15 is 0 Å². The van der Waals surface area contributed by atoms with Gasteiger partial charge in [-0.3, -0.25) is 0 Å². The van der Waals surface area contributed by atoms with Crippen LogP contribution >= 0.6 is 0 Å². The zero-order valence-electron chi connectivity index (χ0n) is 14.0. The fourth-order valence-electron chi connectivity index (χ4n) is 2.47. The summed E-state index contributed by atoms with van der Waals surface area (Å²) < 4.78 is 0. The summed E-state index contributed by atoms with van der Waals surface area (Å²) in [6.07, 6.45) is 0. The van der Waals surface area contributed by atoms with Crippen molar-refractivity contribution in [3.05, 3.63) is 59.7 Å². The van der Waals surface area contributed by atoms with Crippen LogP contribution in [-0.4, -0.2) is 14.6 Å². The highest BCUT2D eigenvalue weighted by molar-refractivity contribution is 6.88. The minimum absolute atomic E-state index is 0.978. The Kier molecular flexibility index (Phi) is 4.89. The van der Waals surface area contributed by atoms with Crippen LogP contribution in [0.4, 0.5) is 5.69 Å². The predicted octanol–water partition coefficient (Wildman–Crippen LogP) is 4.57. The van der Waals surface area contributed by atoms with Crippen LogP contribution in [0.3, 0.4) is 0 Å². The molecule has 0 aliphatic heterocycles. The van der Waals surface area contributed by atoms with Crippen molar-refractivity contribution in [3.8, 4) is 0 Å². The van der Waals surface area contributed by atoms with E-state index < -0.39 is 8.07 Å². The number of anilines is 1. The van der Waals surface area contributed by atoms with E-state index in [1.165, 1.54) is 22.0 Å². The summed E-state index contributed by atoms with van der Waals surface area (Å²) in [5.74, 6) is 0. The van der Waals surface area contributed by atoms with Crippen LogP contribution in [0, 0.1) is 6.92 Å². The Hall–Kier alpha value is -1.54. The molecule has 0 fully saturated rings. The molecule has 0 saturated carbocycles. The average Bonchev–Trinajstić information content (AvgIpc) is 2.45. The number of rotatable bonds is 5. The zero-order valence-corrected chi connectivity index (χ0v) is 15.0. The molecule has 112 valence electrons. The topological polar surface area (TPSA) is 3.24 Å². The smallest absolute Gasteiger partial charge is 0.0775 e. The lowest BCUT2D eigenvalue weighted by Gasteiger charge is -2.24. The Morgan fingerprint density at radius 3 is 1.90 bits per heavy atom. The van der Waals surface area contributed by atoms with E-state index in [0.29, 0.717) is 0 Å². The Labute approximate surface area is 130 Å². The minimum atomic E-state index is -1.19. The van der Waals surface area contributed by atoms with Gasteiger partial charge in [0.15, 0.2) is 0 Å². The maximum Gasteiger partial charge on any atom is 0.0775 e. The van der Waals surface area contributed by atoms with Crippen molar-refractivity contribution < 1.29 is 0 Å². The van der Waals surface area contributed by atoms with Crippen molar-refractivity contribution in [1.82, 2.24) is 0 Å². The number of hydrogen-bond donors (Lipinski definition) is 0. The third-order valence-electron chi connectivity index (χ3n) is 3.97. The standard InChI is InChI=1S/C19H27NSi/c1-6-20(18-11-7-16(2)8-12-18)15-17-9-13-19(14-10-17)21(3,4)5/h7-14H,6,15H2,1-5H3. The Bertz CT molecular complexity index is 564. The molecule has 2 rings (SSSR count). The second-order valence-electron chi connectivity index (χ2n) is 6.80. The van der Waals surface area contributed by atoms with Gasteiger partial charge in [0.1, 0.15) is 0 Å². The van der Waals surface area contributed by atoms with Crippen molar-refractivity contribution in [2.45, 2.75) is 40.0 Å². The van der Waals surface area contributed by atoms with Crippen molar-refractivity contribution in [1.29, 1.82) is 0 Å². The summed E-state index contributed by atoms with van der Waals surface area (Å²) in [6, 6.07) is 18.0. The first kappa shape index (κ1) is 15.8. The van der Waals surface area contributed by atoms with Crippen LogP contribution in [0.2, 0.25) is 19.6 Å². The molecule has 1 nitrogen and oxygen atoms in total. The minimum Gasteiger partial charge on any atom is -0.367 e.